The molecule has 0 aliphatic carbocycles. The zero-order valence-corrected chi connectivity index (χ0v) is 19.1. The van der Waals surface area contributed by atoms with Crippen molar-refractivity contribution in [3.63, 3.8) is 0 Å². The van der Waals surface area contributed by atoms with E-state index in [-0.39, 0.29) is 23.1 Å². The second-order valence-electron chi connectivity index (χ2n) is 7.57. The molecule has 3 amide bonds. The van der Waals surface area contributed by atoms with Crippen molar-refractivity contribution in [1.29, 1.82) is 0 Å². The van der Waals surface area contributed by atoms with Crippen molar-refractivity contribution in [2.75, 3.05) is 36.6 Å². The van der Waals surface area contributed by atoms with E-state index in [2.05, 4.69) is 26.0 Å². The van der Waals surface area contributed by atoms with E-state index in [1.165, 1.54) is 29.0 Å². The summed E-state index contributed by atoms with van der Waals surface area (Å²) >= 11 is 0. The lowest BCUT2D eigenvalue weighted by Crippen LogP contribution is -2.27. The van der Waals surface area contributed by atoms with Gasteiger partial charge in [-0.3, -0.25) is 14.9 Å². The normalized spacial score (nSPS) is 10.7. The van der Waals surface area contributed by atoms with Crippen LogP contribution in [0.2, 0.25) is 0 Å². The molecule has 0 radical (unpaired) electrons. The Morgan fingerprint density at radius 1 is 1.14 bits per heavy atom. The van der Waals surface area contributed by atoms with Gasteiger partial charge in [-0.2, -0.15) is 5.10 Å². The smallest absolute Gasteiger partial charge is 0.323 e. The number of fused-ring (bicyclic) bond motifs is 1. The first-order chi connectivity index (χ1) is 17.4. The van der Waals surface area contributed by atoms with Crippen LogP contribution in [0.5, 0.6) is 0 Å². The van der Waals surface area contributed by atoms with E-state index in [4.69, 9.17) is 10.5 Å². The highest BCUT2D eigenvalue weighted by Gasteiger charge is 2.21. The molecule has 13 nitrogen and oxygen atoms in total. The van der Waals surface area contributed by atoms with E-state index in [1.54, 1.807) is 43.6 Å². The quantitative estimate of drug-likeness (QED) is 0.165. The summed E-state index contributed by atoms with van der Waals surface area (Å²) in [5.41, 5.74) is 8.71. The first kappa shape index (κ1) is 24.1. The lowest BCUT2D eigenvalue weighted by Gasteiger charge is -2.10. The van der Waals surface area contributed by atoms with Crippen LogP contribution in [-0.4, -0.2) is 51.7 Å². The SMILES string of the molecule is COCCNC(=O)c1cn2ncnc(N)c2c1-c1ccc(NC(=O)Nc2cccc([N+](=O)[O-])c2)cc1. The zero-order chi connectivity index (χ0) is 25.7. The number of nitro benzene ring substituents is 1. The van der Waals surface area contributed by atoms with E-state index < -0.39 is 11.0 Å². The molecule has 0 saturated carbocycles. The molecular weight excluding hydrogens is 468 g/mol. The van der Waals surface area contributed by atoms with Gasteiger partial charge < -0.3 is 26.4 Å². The van der Waals surface area contributed by atoms with Gasteiger partial charge in [0.25, 0.3) is 11.6 Å². The Bertz CT molecular complexity index is 1430. The Hall–Kier alpha value is -5.04. The number of nitro groups is 1. The van der Waals surface area contributed by atoms with Gasteiger partial charge in [0.15, 0.2) is 5.82 Å². The lowest BCUT2D eigenvalue weighted by atomic mass is 10.0. The van der Waals surface area contributed by atoms with Gasteiger partial charge in [0, 0.05) is 48.9 Å². The predicted octanol–water partition coefficient (Wildman–Crippen LogP) is 2.91. The molecule has 2 aromatic carbocycles. The third-order valence-electron chi connectivity index (χ3n) is 5.18. The first-order valence-electron chi connectivity index (χ1n) is 10.7. The number of carbonyl (C=O) groups excluding carboxylic acids is 2. The number of hydrogen-bond acceptors (Lipinski definition) is 8. The van der Waals surface area contributed by atoms with Crippen LogP contribution in [0.25, 0.3) is 16.6 Å². The van der Waals surface area contributed by atoms with E-state index in [9.17, 15) is 19.7 Å². The summed E-state index contributed by atoms with van der Waals surface area (Å²) in [6.45, 7) is 0.680. The molecule has 0 fully saturated rings. The summed E-state index contributed by atoms with van der Waals surface area (Å²) in [6.07, 6.45) is 2.87. The minimum Gasteiger partial charge on any atom is -0.383 e. The summed E-state index contributed by atoms with van der Waals surface area (Å²) < 4.78 is 6.48. The zero-order valence-electron chi connectivity index (χ0n) is 19.1. The third-order valence-corrected chi connectivity index (χ3v) is 5.18. The number of nitrogens with one attached hydrogen (secondary N) is 3. The fraction of sp³-hybridized carbons (Fsp3) is 0.130. The Labute approximate surface area is 204 Å². The highest BCUT2D eigenvalue weighted by molar-refractivity contribution is 6.07. The van der Waals surface area contributed by atoms with E-state index in [1.807, 2.05) is 0 Å². The molecule has 0 aliphatic rings. The first-order valence-corrected chi connectivity index (χ1v) is 10.7. The minimum absolute atomic E-state index is 0.137. The molecule has 4 aromatic rings. The molecule has 2 aromatic heterocycles. The van der Waals surface area contributed by atoms with Crippen LogP contribution in [0.1, 0.15) is 10.4 Å². The molecular formula is C23H22N8O5. The summed E-state index contributed by atoms with van der Waals surface area (Å²) in [7, 11) is 1.54. The number of hydrogen-bond donors (Lipinski definition) is 4. The number of rotatable bonds is 8. The fourth-order valence-electron chi connectivity index (χ4n) is 3.57. The average Bonchev–Trinajstić information content (AvgIpc) is 3.26. The Balaban J connectivity index is 1.57. The molecule has 5 N–H and O–H groups in total. The van der Waals surface area contributed by atoms with Crippen molar-refractivity contribution >= 4 is 40.3 Å². The number of methoxy groups -OCH3 is 1. The lowest BCUT2D eigenvalue weighted by molar-refractivity contribution is -0.384. The largest absolute Gasteiger partial charge is 0.383 e. The number of benzene rings is 2. The number of nitrogens with two attached hydrogens (primary N) is 1. The molecule has 184 valence electrons. The van der Waals surface area contributed by atoms with Crippen LogP contribution in [0.4, 0.5) is 27.7 Å². The van der Waals surface area contributed by atoms with Gasteiger partial charge >= 0.3 is 6.03 Å². The molecule has 0 aliphatic heterocycles. The van der Waals surface area contributed by atoms with Crippen molar-refractivity contribution < 1.29 is 19.2 Å². The van der Waals surface area contributed by atoms with Gasteiger partial charge in [-0.05, 0) is 23.8 Å². The maximum Gasteiger partial charge on any atom is 0.323 e. The summed E-state index contributed by atoms with van der Waals surface area (Å²) in [5, 5.41) is 23.1. The van der Waals surface area contributed by atoms with Crippen molar-refractivity contribution in [3.05, 3.63) is 76.7 Å². The molecule has 0 spiro atoms. The molecule has 36 heavy (non-hydrogen) atoms. The Morgan fingerprint density at radius 3 is 2.61 bits per heavy atom. The van der Waals surface area contributed by atoms with Crippen LogP contribution in [-0.2, 0) is 4.74 Å². The maximum absolute atomic E-state index is 12.9. The van der Waals surface area contributed by atoms with Crippen molar-refractivity contribution in [1.82, 2.24) is 19.9 Å². The average molecular weight is 490 g/mol. The Morgan fingerprint density at radius 2 is 1.89 bits per heavy atom. The monoisotopic (exact) mass is 490 g/mol. The third kappa shape index (κ3) is 5.20. The van der Waals surface area contributed by atoms with E-state index in [0.717, 1.165) is 0 Å². The predicted molar refractivity (Wildman–Crippen MR) is 133 cm³/mol. The van der Waals surface area contributed by atoms with Crippen molar-refractivity contribution in [2.24, 2.45) is 0 Å². The molecule has 0 unspecified atom stereocenters. The van der Waals surface area contributed by atoms with E-state index >= 15 is 0 Å². The van der Waals surface area contributed by atoms with Crippen LogP contribution < -0.4 is 21.7 Å². The fourth-order valence-corrected chi connectivity index (χ4v) is 3.57. The second kappa shape index (κ2) is 10.5. The molecule has 0 saturated heterocycles. The standard InChI is InChI=1S/C23H22N8O5/c1-36-10-9-25-22(32)18-12-30-20(21(24)26-13-27-30)19(18)14-5-7-15(8-6-14)28-23(33)29-16-3-2-4-17(11-16)31(34)35/h2-8,11-13H,9-10H2,1H3,(H,25,32)(H2,24,26,27)(H2,28,29,33). The highest BCUT2D eigenvalue weighted by atomic mass is 16.6. The van der Waals surface area contributed by atoms with Crippen molar-refractivity contribution in [3.8, 4) is 11.1 Å². The number of carbonyl (C=O) groups is 2. The number of non-ortho nitro benzene ring substituents is 1. The number of anilines is 3. The summed E-state index contributed by atoms with van der Waals surface area (Å²) in [6, 6.07) is 11.8. The summed E-state index contributed by atoms with van der Waals surface area (Å²) in [5.74, 6) is -0.125. The van der Waals surface area contributed by atoms with Gasteiger partial charge in [-0.1, -0.05) is 18.2 Å². The number of amides is 3. The topological polar surface area (TPSA) is 179 Å². The van der Waals surface area contributed by atoms with Gasteiger partial charge in [-0.25, -0.2) is 14.3 Å². The molecule has 0 bridgehead atoms. The van der Waals surface area contributed by atoms with Crippen LogP contribution in [0.3, 0.4) is 0 Å². The number of aromatic nitrogens is 3. The van der Waals surface area contributed by atoms with E-state index in [0.29, 0.717) is 41.0 Å². The number of nitrogen functional groups attached to an aromatic ring is 1. The van der Waals surface area contributed by atoms with Gasteiger partial charge in [0.1, 0.15) is 11.8 Å². The minimum atomic E-state index is -0.576. The number of urea groups is 1. The van der Waals surface area contributed by atoms with Crippen molar-refractivity contribution in [2.45, 2.75) is 0 Å². The molecule has 0 atom stereocenters. The van der Waals surface area contributed by atoms with Crippen LogP contribution in [0, 0.1) is 10.1 Å². The van der Waals surface area contributed by atoms with Crippen LogP contribution in [0.15, 0.2) is 61.1 Å². The summed E-state index contributed by atoms with van der Waals surface area (Å²) in [4.78, 5) is 39.7. The molecule has 13 heteroatoms. The van der Waals surface area contributed by atoms with Gasteiger partial charge in [-0.15, -0.1) is 0 Å². The Kier molecular flexibility index (Phi) is 7.02. The number of ether oxygens (including phenoxy) is 1. The maximum atomic E-state index is 12.9. The molecule has 2 heterocycles. The van der Waals surface area contributed by atoms with Gasteiger partial charge in [0.05, 0.1) is 17.1 Å². The number of nitrogens with zero attached hydrogens (tertiary/aromatic N) is 4. The molecule has 4 rings (SSSR count). The van der Waals surface area contributed by atoms with Gasteiger partial charge in [0.2, 0.25) is 0 Å². The second-order valence-corrected chi connectivity index (χ2v) is 7.57. The van der Waals surface area contributed by atoms with Crippen LogP contribution >= 0.6 is 0 Å². The highest BCUT2D eigenvalue weighted by Crippen LogP contribution is 2.33.